The molecule has 0 aliphatic heterocycles. The standard InChI is InChI=1S/C14H24BrN3O/c1-4-8-18-11-12(15)10-13(18)14(19)16-7-5-6-9-17(2)3/h10-11H,4-9H2,1-3H3,(H,16,19). The fourth-order valence-electron chi connectivity index (χ4n) is 1.94. The van der Waals surface area contributed by atoms with E-state index in [1.165, 1.54) is 0 Å². The van der Waals surface area contributed by atoms with Gasteiger partial charge in [-0.2, -0.15) is 0 Å². The lowest BCUT2D eigenvalue weighted by Crippen LogP contribution is -2.27. The van der Waals surface area contributed by atoms with E-state index in [0.717, 1.165) is 49.1 Å². The van der Waals surface area contributed by atoms with Gasteiger partial charge in [0.25, 0.3) is 5.91 Å². The van der Waals surface area contributed by atoms with Gasteiger partial charge in [-0.15, -0.1) is 0 Å². The molecule has 19 heavy (non-hydrogen) atoms. The van der Waals surface area contributed by atoms with E-state index in [4.69, 9.17) is 0 Å². The number of halogens is 1. The topological polar surface area (TPSA) is 37.3 Å². The minimum atomic E-state index is 0.0176. The number of unbranched alkanes of at least 4 members (excludes halogenated alkanes) is 1. The molecule has 5 heteroatoms. The Bertz CT molecular complexity index is 401. The van der Waals surface area contributed by atoms with Crippen molar-refractivity contribution >= 4 is 21.8 Å². The highest BCUT2D eigenvalue weighted by Crippen LogP contribution is 2.15. The van der Waals surface area contributed by atoms with Crippen molar-refractivity contribution in [2.45, 2.75) is 32.7 Å². The number of carbonyl (C=O) groups excluding carboxylic acids is 1. The van der Waals surface area contributed by atoms with Crippen LogP contribution in [0.4, 0.5) is 0 Å². The molecule has 0 spiro atoms. The fourth-order valence-corrected chi connectivity index (χ4v) is 2.40. The highest BCUT2D eigenvalue weighted by atomic mass is 79.9. The summed E-state index contributed by atoms with van der Waals surface area (Å²) in [6.45, 7) is 4.78. The SMILES string of the molecule is CCCn1cc(Br)cc1C(=O)NCCCCN(C)C. The highest BCUT2D eigenvalue weighted by Gasteiger charge is 2.11. The van der Waals surface area contributed by atoms with Crippen LogP contribution in [-0.4, -0.2) is 42.6 Å². The third kappa shape index (κ3) is 5.78. The zero-order chi connectivity index (χ0) is 14.3. The molecule has 108 valence electrons. The molecule has 4 nitrogen and oxygen atoms in total. The van der Waals surface area contributed by atoms with Crippen LogP contribution in [0.15, 0.2) is 16.7 Å². The second kappa shape index (κ2) is 8.38. The van der Waals surface area contributed by atoms with E-state index in [1.807, 2.05) is 16.8 Å². The number of rotatable bonds is 8. The largest absolute Gasteiger partial charge is 0.351 e. The smallest absolute Gasteiger partial charge is 0.267 e. The van der Waals surface area contributed by atoms with Crippen LogP contribution in [0.2, 0.25) is 0 Å². The van der Waals surface area contributed by atoms with Crippen molar-refractivity contribution in [3.05, 3.63) is 22.4 Å². The number of carbonyl (C=O) groups is 1. The van der Waals surface area contributed by atoms with Gasteiger partial charge >= 0.3 is 0 Å². The monoisotopic (exact) mass is 329 g/mol. The maximum absolute atomic E-state index is 12.1. The quantitative estimate of drug-likeness (QED) is 0.744. The average Bonchev–Trinajstić information content (AvgIpc) is 2.70. The van der Waals surface area contributed by atoms with E-state index >= 15 is 0 Å². The van der Waals surface area contributed by atoms with Gasteiger partial charge in [0.05, 0.1) is 0 Å². The molecule has 0 fully saturated rings. The normalized spacial score (nSPS) is 11.0. The summed E-state index contributed by atoms with van der Waals surface area (Å²) >= 11 is 3.42. The number of aryl methyl sites for hydroxylation is 1. The molecule has 0 unspecified atom stereocenters. The number of nitrogens with zero attached hydrogens (tertiary/aromatic N) is 2. The summed E-state index contributed by atoms with van der Waals surface area (Å²) in [5, 5.41) is 2.99. The van der Waals surface area contributed by atoms with Gasteiger partial charge in [0.1, 0.15) is 5.69 Å². The van der Waals surface area contributed by atoms with E-state index in [1.54, 1.807) is 0 Å². The Morgan fingerprint density at radius 3 is 2.79 bits per heavy atom. The van der Waals surface area contributed by atoms with Gasteiger partial charge < -0.3 is 14.8 Å². The number of nitrogens with one attached hydrogen (secondary N) is 1. The molecule has 0 aliphatic rings. The van der Waals surface area contributed by atoms with Crippen molar-refractivity contribution < 1.29 is 4.79 Å². The Balaban J connectivity index is 2.40. The van der Waals surface area contributed by atoms with Crippen LogP contribution in [0.5, 0.6) is 0 Å². The fraction of sp³-hybridized carbons (Fsp3) is 0.643. The molecule has 1 aromatic heterocycles. The molecule has 0 bridgehead atoms. The maximum atomic E-state index is 12.1. The van der Waals surface area contributed by atoms with E-state index in [0.29, 0.717) is 0 Å². The number of hydrogen-bond donors (Lipinski definition) is 1. The first-order valence-electron chi connectivity index (χ1n) is 6.83. The summed E-state index contributed by atoms with van der Waals surface area (Å²) in [4.78, 5) is 14.2. The first-order chi connectivity index (χ1) is 9.04. The summed E-state index contributed by atoms with van der Waals surface area (Å²) < 4.78 is 2.96. The van der Waals surface area contributed by atoms with Gasteiger partial charge in [0.2, 0.25) is 0 Å². The van der Waals surface area contributed by atoms with Crippen LogP contribution >= 0.6 is 15.9 Å². The van der Waals surface area contributed by atoms with Gasteiger partial charge in [-0.05, 0) is 61.9 Å². The van der Waals surface area contributed by atoms with Gasteiger partial charge in [-0.25, -0.2) is 0 Å². The molecule has 1 N–H and O–H groups in total. The molecule has 0 radical (unpaired) electrons. The van der Waals surface area contributed by atoms with Crippen molar-refractivity contribution in [2.24, 2.45) is 0 Å². The second-order valence-electron chi connectivity index (χ2n) is 5.00. The molecular weight excluding hydrogens is 306 g/mol. The van der Waals surface area contributed by atoms with Crippen LogP contribution in [0, 0.1) is 0 Å². The molecule has 1 rings (SSSR count). The van der Waals surface area contributed by atoms with Gasteiger partial charge in [0.15, 0.2) is 0 Å². The lowest BCUT2D eigenvalue weighted by atomic mass is 10.3. The zero-order valence-corrected chi connectivity index (χ0v) is 13.7. The molecule has 0 atom stereocenters. The van der Waals surface area contributed by atoms with Crippen molar-refractivity contribution in [1.29, 1.82) is 0 Å². The van der Waals surface area contributed by atoms with Crippen LogP contribution in [-0.2, 0) is 6.54 Å². The summed E-state index contributed by atoms with van der Waals surface area (Å²) in [5.74, 6) is 0.0176. The van der Waals surface area contributed by atoms with Gasteiger partial charge in [-0.3, -0.25) is 4.79 Å². The first kappa shape index (κ1) is 16.2. The molecule has 0 aliphatic carbocycles. The molecule has 0 aromatic carbocycles. The summed E-state index contributed by atoms with van der Waals surface area (Å²) in [6.07, 6.45) is 5.10. The van der Waals surface area contributed by atoms with Crippen LogP contribution in [0.1, 0.15) is 36.7 Å². The molecule has 0 saturated carbocycles. The molecular formula is C14H24BrN3O. The Labute approximate surface area is 124 Å². The third-order valence-electron chi connectivity index (χ3n) is 2.88. The molecule has 0 saturated heterocycles. The predicted molar refractivity (Wildman–Crippen MR) is 82.5 cm³/mol. The number of hydrogen-bond acceptors (Lipinski definition) is 2. The van der Waals surface area contributed by atoms with Crippen LogP contribution < -0.4 is 5.32 Å². The molecule has 1 aromatic rings. The van der Waals surface area contributed by atoms with E-state index < -0.39 is 0 Å². The second-order valence-corrected chi connectivity index (χ2v) is 5.92. The van der Waals surface area contributed by atoms with Crippen molar-refractivity contribution in [3.63, 3.8) is 0 Å². The summed E-state index contributed by atoms with van der Waals surface area (Å²) in [7, 11) is 4.13. The Kier molecular flexibility index (Phi) is 7.16. The first-order valence-corrected chi connectivity index (χ1v) is 7.62. The third-order valence-corrected chi connectivity index (χ3v) is 3.31. The maximum Gasteiger partial charge on any atom is 0.267 e. The average molecular weight is 330 g/mol. The van der Waals surface area contributed by atoms with E-state index in [9.17, 15) is 4.79 Å². The molecule has 1 heterocycles. The van der Waals surface area contributed by atoms with Gasteiger partial charge in [-0.1, -0.05) is 6.92 Å². The van der Waals surface area contributed by atoms with E-state index in [2.05, 4.69) is 47.2 Å². The van der Waals surface area contributed by atoms with Crippen LogP contribution in [0.25, 0.3) is 0 Å². The van der Waals surface area contributed by atoms with Crippen LogP contribution in [0.3, 0.4) is 0 Å². The van der Waals surface area contributed by atoms with Gasteiger partial charge in [0, 0.05) is 23.8 Å². The number of amides is 1. The summed E-state index contributed by atoms with van der Waals surface area (Å²) in [5.41, 5.74) is 0.737. The van der Waals surface area contributed by atoms with E-state index in [-0.39, 0.29) is 5.91 Å². The van der Waals surface area contributed by atoms with Crippen molar-refractivity contribution in [2.75, 3.05) is 27.2 Å². The Morgan fingerprint density at radius 2 is 2.16 bits per heavy atom. The summed E-state index contributed by atoms with van der Waals surface area (Å²) in [6, 6.07) is 1.88. The minimum Gasteiger partial charge on any atom is -0.351 e. The van der Waals surface area contributed by atoms with Crippen molar-refractivity contribution in [1.82, 2.24) is 14.8 Å². The zero-order valence-electron chi connectivity index (χ0n) is 12.1. The lowest BCUT2D eigenvalue weighted by Gasteiger charge is -2.10. The minimum absolute atomic E-state index is 0.0176. The predicted octanol–water partition coefficient (Wildman–Crippen LogP) is 2.73. The van der Waals surface area contributed by atoms with Crippen molar-refractivity contribution in [3.8, 4) is 0 Å². The molecule has 1 amide bonds. The Morgan fingerprint density at radius 1 is 1.42 bits per heavy atom. The number of aromatic nitrogens is 1. The Hall–Kier alpha value is -0.810. The highest BCUT2D eigenvalue weighted by molar-refractivity contribution is 9.10. The lowest BCUT2D eigenvalue weighted by molar-refractivity contribution is 0.0943.